The Bertz CT molecular complexity index is 1350. The number of rotatable bonds is 6. The van der Waals surface area contributed by atoms with Gasteiger partial charge in [0.15, 0.2) is 0 Å². The normalized spacial score (nSPS) is 24.3. The third-order valence-corrected chi connectivity index (χ3v) is 9.66. The molecule has 3 atom stereocenters. The van der Waals surface area contributed by atoms with Crippen LogP contribution in [0.15, 0.2) is 72.4 Å². The van der Waals surface area contributed by atoms with E-state index in [1.54, 1.807) is 5.56 Å². The lowest BCUT2D eigenvalue weighted by Gasteiger charge is -2.33. The van der Waals surface area contributed by atoms with E-state index in [9.17, 15) is 0 Å². The summed E-state index contributed by atoms with van der Waals surface area (Å²) in [6.07, 6.45) is 15.6. The molecule has 206 valence electrons. The summed E-state index contributed by atoms with van der Waals surface area (Å²) >= 11 is 0. The van der Waals surface area contributed by atoms with E-state index in [1.807, 2.05) is 0 Å². The first-order valence-corrected chi connectivity index (χ1v) is 15.3. The third kappa shape index (κ3) is 6.11. The smallest absolute Gasteiger partial charge is 0.00827 e. The molecule has 0 amide bonds. The van der Waals surface area contributed by atoms with Gasteiger partial charge in [-0.25, -0.2) is 0 Å². The average Bonchev–Trinajstić information content (AvgIpc) is 3.41. The van der Waals surface area contributed by atoms with E-state index < -0.39 is 0 Å². The lowest BCUT2D eigenvalue weighted by molar-refractivity contribution is 0.334. The van der Waals surface area contributed by atoms with Gasteiger partial charge >= 0.3 is 0 Å². The average molecular weight is 519 g/mol. The van der Waals surface area contributed by atoms with Gasteiger partial charge in [0.05, 0.1) is 0 Å². The van der Waals surface area contributed by atoms with E-state index in [4.69, 9.17) is 0 Å². The maximum atomic E-state index is 4.62. The van der Waals surface area contributed by atoms with Gasteiger partial charge in [0.1, 0.15) is 0 Å². The minimum atomic E-state index is 0.289. The fourth-order valence-electron chi connectivity index (χ4n) is 7.73. The number of hydrogen-bond acceptors (Lipinski definition) is 0. The van der Waals surface area contributed by atoms with Crippen LogP contribution >= 0.6 is 0 Å². The van der Waals surface area contributed by atoms with Crippen LogP contribution in [0.2, 0.25) is 0 Å². The standard InChI is InChI=1S/C39H50/c1-25-17-27(3)35(20-29-15-16-39(8,9)23-29)37(18-25)33-12-10-11-31-19-30(22-36(31)33)21-34-26(2)13-14-32(28(34)4)24-38(5,6)7/h10-14,17-19,29,32,34H,2,4,15-16,20-24H2,1,3,5-9H3. The summed E-state index contributed by atoms with van der Waals surface area (Å²) in [5.41, 5.74) is 15.1. The van der Waals surface area contributed by atoms with Crippen LogP contribution in [0.5, 0.6) is 0 Å². The maximum Gasteiger partial charge on any atom is 0.00827 e. The van der Waals surface area contributed by atoms with Gasteiger partial charge in [-0.05, 0) is 120 Å². The summed E-state index contributed by atoms with van der Waals surface area (Å²) in [5, 5.41) is 0. The first-order valence-electron chi connectivity index (χ1n) is 15.3. The molecule has 0 nitrogen and oxygen atoms in total. The monoisotopic (exact) mass is 518 g/mol. The molecule has 0 radical (unpaired) electrons. The molecular weight excluding hydrogens is 468 g/mol. The van der Waals surface area contributed by atoms with Gasteiger partial charge in [0.2, 0.25) is 0 Å². The number of fused-ring (bicyclic) bond motifs is 1. The van der Waals surface area contributed by atoms with Crippen molar-refractivity contribution in [3.63, 3.8) is 0 Å². The maximum absolute atomic E-state index is 4.62. The molecule has 5 rings (SSSR count). The van der Waals surface area contributed by atoms with Gasteiger partial charge in [-0.2, -0.15) is 0 Å². The predicted octanol–water partition coefficient (Wildman–Crippen LogP) is 11.0. The summed E-state index contributed by atoms with van der Waals surface area (Å²) in [6.45, 7) is 25.6. The topological polar surface area (TPSA) is 0 Å². The zero-order chi connectivity index (χ0) is 28.1. The Labute approximate surface area is 239 Å². The van der Waals surface area contributed by atoms with Crippen LogP contribution in [0.3, 0.4) is 0 Å². The Kier molecular flexibility index (Phi) is 7.47. The van der Waals surface area contributed by atoms with Crippen molar-refractivity contribution in [3.8, 4) is 11.1 Å². The van der Waals surface area contributed by atoms with Crippen LogP contribution in [0, 0.1) is 42.4 Å². The number of hydrogen-bond donors (Lipinski definition) is 0. The second kappa shape index (κ2) is 10.4. The zero-order valence-corrected chi connectivity index (χ0v) is 25.7. The van der Waals surface area contributed by atoms with Crippen LogP contribution < -0.4 is 0 Å². The van der Waals surface area contributed by atoms with Crippen molar-refractivity contribution in [1.82, 2.24) is 0 Å². The molecule has 1 fully saturated rings. The Morgan fingerprint density at radius 3 is 2.46 bits per heavy atom. The lowest BCUT2D eigenvalue weighted by atomic mass is 9.71. The van der Waals surface area contributed by atoms with E-state index in [0.29, 0.717) is 17.3 Å². The molecule has 2 aromatic rings. The Hall–Kier alpha value is -2.60. The lowest BCUT2D eigenvalue weighted by Crippen LogP contribution is -2.21. The number of allylic oxidation sites excluding steroid dienone is 5. The van der Waals surface area contributed by atoms with Crippen LogP contribution in [0.25, 0.3) is 17.2 Å². The molecule has 2 aromatic carbocycles. The van der Waals surface area contributed by atoms with E-state index in [1.165, 1.54) is 75.8 Å². The molecule has 0 saturated heterocycles. The Balaban J connectivity index is 1.41. The molecule has 0 spiro atoms. The highest BCUT2D eigenvalue weighted by atomic mass is 14.4. The molecular formula is C39H50. The van der Waals surface area contributed by atoms with Crippen molar-refractivity contribution in [2.24, 2.45) is 28.6 Å². The Morgan fingerprint density at radius 1 is 1.00 bits per heavy atom. The van der Waals surface area contributed by atoms with Gasteiger partial charge in [0.25, 0.3) is 0 Å². The summed E-state index contributed by atoms with van der Waals surface area (Å²) < 4.78 is 0. The van der Waals surface area contributed by atoms with E-state index in [-0.39, 0.29) is 5.41 Å². The minimum absolute atomic E-state index is 0.289. The summed E-state index contributed by atoms with van der Waals surface area (Å²) in [4.78, 5) is 0. The van der Waals surface area contributed by atoms with Crippen LogP contribution in [-0.4, -0.2) is 0 Å². The molecule has 0 heterocycles. The quantitative estimate of drug-likeness (QED) is 0.334. The summed E-state index contributed by atoms with van der Waals surface area (Å²) in [7, 11) is 0. The van der Waals surface area contributed by atoms with Crippen molar-refractivity contribution in [2.45, 2.75) is 93.4 Å². The minimum Gasteiger partial charge on any atom is -0.0986 e. The van der Waals surface area contributed by atoms with Crippen molar-refractivity contribution in [3.05, 3.63) is 100 Å². The molecule has 0 aromatic heterocycles. The first-order chi connectivity index (χ1) is 18.3. The van der Waals surface area contributed by atoms with E-state index in [2.05, 4.69) is 110 Å². The predicted molar refractivity (Wildman–Crippen MR) is 171 cm³/mol. The molecule has 0 aliphatic heterocycles. The largest absolute Gasteiger partial charge is 0.0986 e. The molecule has 0 heteroatoms. The van der Waals surface area contributed by atoms with Crippen molar-refractivity contribution in [1.29, 1.82) is 0 Å². The number of aryl methyl sites for hydroxylation is 2. The second-order valence-corrected chi connectivity index (χ2v) is 15.1. The van der Waals surface area contributed by atoms with Gasteiger partial charge in [-0.15, -0.1) is 0 Å². The SMILES string of the molecule is C=C1C=CC(CC(C)(C)C)C(=C)C1CC1=Cc2cccc(-c3cc(C)cc(C)c3CC3CCC(C)(C)C3)c2C1. The van der Waals surface area contributed by atoms with Crippen molar-refractivity contribution >= 4 is 6.08 Å². The highest BCUT2D eigenvalue weighted by molar-refractivity contribution is 5.80. The van der Waals surface area contributed by atoms with Gasteiger partial charge in [-0.3, -0.25) is 0 Å². The van der Waals surface area contributed by atoms with Crippen LogP contribution in [0.4, 0.5) is 0 Å². The number of benzene rings is 2. The third-order valence-electron chi connectivity index (χ3n) is 9.66. The van der Waals surface area contributed by atoms with Gasteiger partial charge in [0, 0.05) is 5.92 Å². The highest BCUT2D eigenvalue weighted by Gasteiger charge is 2.33. The second-order valence-electron chi connectivity index (χ2n) is 15.1. The van der Waals surface area contributed by atoms with Crippen LogP contribution in [0.1, 0.15) is 94.5 Å². The van der Waals surface area contributed by atoms with Crippen molar-refractivity contribution < 1.29 is 0 Å². The first kappa shape index (κ1) is 27.9. The Morgan fingerprint density at radius 2 is 1.77 bits per heavy atom. The molecule has 3 aliphatic carbocycles. The van der Waals surface area contributed by atoms with Crippen LogP contribution in [-0.2, 0) is 12.8 Å². The molecule has 1 saturated carbocycles. The zero-order valence-electron chi connectivity index (χ0n) is 25.7. The van der Waals surface area contributed by atoms with Gasteiger partial charge in [-0.1, -0.05) is 113 Å². The summed E-state index contributed by atoms with van der Waals surface area (Å²) in [5.74, 6) is 1.58. The summed E-state index contributed by atoms with van der Waals surface area (Å²) in [6, 6.07) is 11.8. The van der Waals surface area contributed by atoms with Crippen molar-refractivity contribution in [2.75, 3.05) is 0 Å². The molecule has 39 heavy (non-hydrogen) atoms. The fourth-order valence-corrected chi connectivity index (χ4v) is 7.73. The van der Waals surface area contributed by atoms with Gasteiger partial charge < -0.3 is 0 Å². The highest BCUT2D eigenvalue weighted by Crippen LogP contribution is 2.46. The molecule has 3 unspecified atom stereocenters. The molecule has 0 N–H and O–H groups in total. The molecule has 0 bridgehead atoms. The van der Waals surface area contributed by atoms with E-state index >= 15 is 0 Å². The molecule has 3 aliphatic rings. The fraction of sp³-hybridized carbons (Fsp3) is 0.487. The van der Waals surface area contributed by atoms with E-state index in [0.717, 1.165) is 25.2 Å².